The van der Waals surface area contributed by atoms with E-state index in [1.54, 1.807) is 12.3 Å². The highest BCUT2D eigenvalue weighted by Gasteiger charge is 2.19. The van der Waals surface area contributed by atoms with Crippen LogP contribution < -0.4 is 11.1 Å². The number of anilines is 2. The molecule has 3 N–H and O–H groups in total. The van der Waals surface area contributed by atoms with Crippen LogP contribution in [-0.4, -0.2) is 29.0 Å². The molecule has 1 fully saturated rings. The van der Waals surface area contributed by atoms with Crippen LogP contribution >= 0.6 is 11.6 Å². The molecule has 0 aliphatic carbocycles. The highest BCUT2D eigenvalue weighted by molar-refractivity contribution is 6.29. The number of rotatable bonds is 4. The summed E-state index contributed by atoms with van der Waals surface area (Å²) in [5.74, 6) is 0. The van der Waals surface area contributed by atoms with Gasteiger partial charge in [0.15, 0.2) is 0 Å². The first-order valence-electron chi connectivity index (χ1n) is 7.64. The van der Waals surface area contributed by atoms with Gasteiger partial charge in [-0.3, -0.25) is 4.90 Å². The molecule has 5 heteroatoms. The van der Waals surface area contributed by atoms with Crippen molar-refractivity contribution in [1.82, 2.24) is 9.88 Å². The Morgan fingerprint density at radius 1 is 1.23 bits per heavy atom. The molecule has 2 aromatic rings. The number of nitrogens with zero attached hydrogens (tertiary/aromatic N) is 2. The molecular formula is C17H21ClN4. The van der Waals surface area contributed by atoms with Crippen molar-refractivity contribution in [3.05, 3.63) is 53.3 Å². The van der Waals surface area contributed by atoms with E-state index in [1.807, 2.05) is 0 Å². The Labute approximate surface area is 136 Å². The van der Waals surface area contributed by atoms with E-state index in [4.69, 9.17) is 17.3 Å². The quantitative estimate of drug-likeness (QED) is 0.849. The molecule has 0 bridgehead atoms. The topological polar surface area (TPSA) is 54.2 Å². The summed E-state index contributed by atoms with van der Waals surface area (Å²) >= 11 is 5.83. The van der Waals surface area contributed by atoms with Gasteiger partial charge in [0.2, 0.25) is 0 Å². The third-order valence-electron chi connectivity index (χ3n) is 4.10. The maximum atomic E-state index is 5.97. The summed E-state index contributed by atoms with van der Waals surface area (Å²) in [6.07, 6.45) is 3.93. The van der Waals surface area contributed by atoms with Crippen LogP contribution in [0.1, 0.15) is 18.4 Å². The van der Waals surface area contributed by atoms with Crippen LogP contribution in [0.3, 0.4) is 0 Å². The van der Waals surface area contributed by atoms with E-state index < -0.39 is 0 Å². The molecule has 0 radical (unpaired) electrons. The molecule has 0 spiro atoms. The van der Waals surface area contributed by atoms with Crippen LogP contribution in [0.25, 0.3) is 0 Å². The number of hydrogen-bond acceptors (Lipinski definition) is 4. The van der Waals surface area contributed by atoms with Crippen molar-refractivity contribution >= 4 is 23.0 Å². The van der Waals surface area contributed by atoms with E-state index in [1.165, 1.54) is 5.56 Å². The second-order valence-corrected chi connectivity index (χ2v) is 6.16. The molecule has 116 valence electrons. The van der Waals surface area contributed by atoms with E-state index in [0.29, 0.717) is 16.9 Å². The number of halogens is 1. The molecule has 0 saturated carbocycles. The molecule has 0 amide bonds. The predicted molar refractivity (Wildman–Crippen MR) is 92.0 cm³/mol. The Kier molecular flexibility index (Phi) is 4.80. The van der Waals surface area contributed by atoms with Gasteiger partial charge in [0.05, 0.1) is 17.6 Å². The molecule has 1 aliphatic rings. The monoisotopic (exact) mass is 316 g/mol. The summed E-state index contributed by atoms with van der Waals surface area (Å²) in [7, 11) is 0. The van der Waals surface area contributed by atoms with Crippen LogP contribution in [0.5, 0.6) is 0 Å². The van der Waals surface area contributed by atoms with E-state index in [-0.39, 0.29) is 0 Å². The molecule has 1 saturated heterocycles. The summed E-state index contributed by atoms with van der Waals surface area (Å²) < 4.78 is 0. The lowest BCUT2D eigenvalue weighted by atomic mass is 10.0. The van der Waals surface area contributed by atoms with Crippen LogP contribution in [0, 0.1) is 0 Å². The first kappa shape index (κ1) is 15.1. The maximum absolute atomic E-state index is 5.97. The molecule has 1 aromatic carbocycles. The van der Waals surface area contributed by atoms with Crippen molar-refractivity contribution in [2.45, 2.75) is 25.4 Å². The minimum absolute atomic E-state index is 0.431. The van der Waals surface area contributed by atoms with Gasteiger partial charge in [-0.1, -0.05) is 41.9 Å². The number of nitrogens with one attached hydrogen (secondary N) is 1. The van der Waals surface area contributed by atoms with Crippen molar-refractivity contribution in [1.29, 1.82) is 0 Å². The van der Waals surface area contributed by atoms with Crippen LogP contribution in [-0.2, 0) is 6.54 Å². The molecule has 2 heterocycles. The second kappa shape index (κ2) is 6.99. The lowest BCUT2D eigenvalue weighted by molar-refractivity contribution is 0.211. The smallest absolute Gasteiger partial charge is 0.131 e. The average Bonchev–Trinajstić information content (AvgIpc) is 2.53. The molecule has 0 unspecified atom stereocenters. The number of hydrogen-bond donors (Lipinski definition) is 2. The van der Waals surface area contributed by atoms with Gasteiger partial charge in [0.1, 0.15) is 5.15 Å². The Hall–Kier alpha value is -1.78. The Morgan fingerprint density at radius 3 is 2.64 bits per heavy atom. The summed E-state index contributed by atoms with van der Waals surface area (Å²) in [5.41, 5.74) is 8.89. The number of pyridine rings is 1. The van der Waals surface area contributed by atoms with Gasteiger partial charge in [-0.15, -0.1) is 0 Å². The van der Waals surface area contributed by atoms with E-state index in [2.05, 4.69) is 45.5 Å². The minimum Gasteiger partial charge on any atom is -0.397 e. The van der Waals surface area contributed by atoms with Gasteiger partial charge < -0.3 is 11.1 Å². The zero-order valence-corrected chi connectivity index (χ0v) is 13.3. The lowest BCUT2D eigenvalue weighted by Gasteiger charge is -2.33. The number of benzene rings is 1. The third-order valence-corrected chi connectivity index (χ3v) is 4.31. The molecular weight excluding hydrogens is 296 g/mol. The lowest BCUT2D eigenvalue weighted by Crippen LogP contribution is -2.38. The zero-order chi connectivity index (χ0) is 15.4. The number of nitrogen functional groups attached to an aromatic ring is 1. The molecule has 22 heavy (non-hydrogen) atoms. The van der Waals surface area contributed by atoms with Gasteiger partial charge in [-0.25, -0.2) is 4.98 Å². The van der Waals surface area contributed by atoms with Gasteiger partial charge in [0, 0.05) is 31.7 Å². The first-order chi connectivity index (χ1) is 10.7. The largest absolute Gasteiger partial charge is 0.397 e. The van der Waals surface area contributed by atoms with Crippen molar-refractivity contribution < 1.29 is 0 Å². The van der Waals surface area contributed by atoms with Crippen LogP contribution in [0.2, 0.25) is 5.15 Å². The molecule has 3 rings (SSSR count). The van der Waals surface area contributed by atoms with E-state index in [0.717, 1.165) is 38.2 Å². The molecule has 4 nitrogen and oxygen atoms in total. The van der Waals surface area contributed by atoms with Gasteiger partial charge in [-0.05, 0) is 18.4 Å². The summed E-state index contributed by atoms with van der Waals surface area (Å²) in [5, 5.41) is 3.92. The average molecular weight is 317 g/mol. The Morgan fingerprint density at radius 2 is 1.95 bits per heavy atom. The highest BCUT2D eigenvalue weighted by atomic mass is 35.5. The molecule has 1 aliphatic heterocycles. The van der Waals surface area contributed by atoms with Crippen molar-refractivity contribution in [2.75, 3.05) is 24.1 Å². The van der Waals surface area contributed by atoms with Crippen LogP contribution in [0.15, 0.2) is 42.6 Å². The van der Waals surface area contributed by atoms with Crippen molar-refractivity contribution in [3.63, 3.8) is 0 Å². The minimum atomic E-state index is 0.431. The standard InChI is InChI=1S/C17H21ClN4/c18-17-10-15(19)16(11-20-17)21-14-6-8-22(9-7-14)12-13-4-2-1-3-5-13/h1-5,10-11,14,21H,6-9,12H2,(H2,19,20). The fourth-order valence-electron chi connectivity index (χ4n) is 2.86. The fourth-order valence-corrected chi connectivity index (χ4v) is 3.03. The fraction of sp³-hybridized carbons (Fsp3) is 0.353. The Balaban J connectivity index is 1.51. The number of nitrogens with two attached hydrogens (primary N) is 1. The van der Waals surface area contributed by atoms with Gasteiger partial charge >= 0.3 is 0 Å². The maximum Gasteiger partial charge on any atom is 0.131 e. The summed E-state index contributed by atoms with van der Waals surface area (Å²) in [6, 6.07) is 12.8. The molecule has 0 atom stereocenters. The summed E-state index contributed by atoms with van der Waals surface area (Å²) in [6.45, 7) is 3.21. The molecule has 1 aromatic heterocycles. The zero-order valence-electron chi connectivity index (χ0n) is 12.5. The van der Waals surface area contributed by atoms with E-state index >= 15 is 0 Å². The first-order valence-corrected chi connectivity index (χ1v) is 8.02. The Bertz CT molecular complexity index is 609. The number of piperidine rings is 1. The number of aromatic nitrogens is 1. The predicted octanol–water partition coefficient (Wildman–Crippen LogP) is 3.39. The normalized spacial score (nSPS) is 16.6. The second-order valence-electron chi connectivity index (χ2n) is 5.77. The van der Waals surface area contributed by atoms with Crippen molar-refractivity contribution in [2.24, 2.45) is 0 Å². The summed E-state index contributed by atoms with van der Waals surface area (Å²) in [4.78, 5) is 6.59. The van der Waals surface area contributed by atoms with Gasteiger partial charge in [-0.2, -0.15) is 0 Å². The number of likely N-dealkylation sites (tertiary alicyclic amines) is 1. The van der Waals surface area contributed by atoms with E-state index in [9.17, 15) is 0 Å². The highest BCUT2D eigenvalue weighted by Crippen LogP contribution is 2.24. The third kappa shape index (κ3) is 3.90. The van der Waals surface area contributed by atoms with Crippen molar-refractivity contribution in [3.8, 4) is 0 Å². The SMILES string of the molecule is Nc1cc(Cl)ncc1NC1CCN(Cc2ccccc2)CC1. The van der Waals surface area contributed by atoms with Gasteiger partial charge in [0.25, 0.3) is 0 Å². The van der Waals surface area contributed by atoms with Crippen LogP contribution in [0.4, 0.5) is 11.4 Å².